The molecule has 0 atom stereocenters. The molecule has 7 heteroatoms. The van der Waals surface area contributed by atoms with E-state index < -0.39 is 11.4 Å². The van der Waals surface area contributed by atoms with Crippen LogP contribution in [0.25, 0.3) is 10.8 Å². The number of hydrogen-bond acceptors (Lipinski definition) is 3. The first-order chi connectivity index (χ1) is 13.2. The molecule has 0 radical (unpaired) electrons. The van der Waals surface area contributed by atoms with E-state index >= 15 is 0 Å². The molecule has 1 aromatic heterocycles. The van der Waals surface area contributed by atoms with Crippen molar-refractivity contribution >= 4 is 34.0 Å². The second-order valence-corrected chi connectivity index (χ2v) is 7.61. The minimum absolute atomic E-state index is 0.0188. The highest BCUT2D eigenvalue weighted by molar-refractivity contribution is 6.30. The van der Waals surface area contributed by atoms with Gasteiger partial charge in [-0.1, -0.05) is 23.7 Å². The van der Waals surface area contributed by atoms with Gasteiger partial charge in [-0.3, -0.25) is 9.59 Å². The van der Waals surface area contributed by atoms with Crippen molar-refractivity contribution in [2.45, 2.75) is 25.8 Å². The Kier molecular flexibility index (Phi) is 5.54. The van der Waals surface area contributed by atoms with Crippen molar-refractivity contribution in [2.24, 2.45) is 0 Å². The predicted octanol–water partition coefficient (Wildman–Crippen LogP) is 3.70. The summed E-state index contributed by atoms with van der Waals surface area (Å²) in [7, 11) is 0. The maximum absolute atomic E-state index is 13.3. The number of benzene rings is 2. The van der Waals surface area contributed by atoms with Crippen LogP contribution in [0.15, 0.2) is 53.5 Å². The maximum atomic E-state index is 13.3. The van der Waals surface area contributed by atoms with Crippen molar-refractivity contribution in [2.75, 3.05) is 11.9 Å². The average molecular weight is 403 g/mol. The first kappa shape index (κ1) is 20.0. The number of nitrogens with zero attached hydrogens (tertiary/aromatic N) is 1. The molecule has 2 N–H and O–H groups in total. The Balaban J connectivity index is 1.91. The normalized spacial score (nSPS) is 11.6. The van der Waals surface area contributed by atoms with Gasteiger partial charge in [0.2, 0.25) is 5.91 Å². The van der Waals surface area contributed by atoms with Crippen LogP contribution < -0.4 is 10.9 Å². The van der Waals surface area contributed by atoms with E-state index in [1.807, 2.05) is 0 Å². The van der Waals surface area contributed by atoms with Crippen molar-refractivity contribution in [1.82, 2.24) is 4.57 Å². The van der Waals surface area contributed by atoms with Crippen LogP contribution in [-0.4, -0.2) is 22.2 Å². The third-order valence-electron chi connectivity index (χ3n) is 4.61. The number of hydrogen-bond donors (Lipinski definition) is 2. The van der Waals surface area contributed by atoms with Gasteiger partial charge in [-0.05, 0) is 49.7 Å². The number of fused-ring (bicyclic) bond motifs is 1. The number of pyridine rings is 1. The summed E-state index contributed by atoms with van der Waals surface area (Å²) in [6.07, 6.45) is 1.63. The third-order valence-corrected chi connectivity index (χ3v) is 4.90. The fourth-order valence-corrected chi connectivity index (χ4v) is 3.17. The minimum atomic E-state index is -0.744. The Labute approximate surface area is 166 Å². The Bertz CT molecular complexity index is 1110. The summed E-state index contributed by atoms with van der Waals surface area (Å²) >= 11 is 5.75. The summed E-state index contributed by atoms with van der Waals surface area (Å²) in [6.45, 7) is 3.34. The first-order valence-electron chi connectivity index (χ1n) is 8.72. The zero-order valence-electron chi connectivity index (χ0n) is 15.5. The first-order valence-corrected chi connectivity index (χ1v) is 9.10. The third kappa shape index (κ3) is 3.93. The molecular weight excluding hydrogens is 383 g/mol. The molecule has 0 aliphatic carbocycles. The summed E-state index contributed by atoms with van der Waals surface area (Å²) in [5.41, 5.74) is 0.0859. The van der Waals surface area contributed by atoms with Gasteiger partial charge < -0.3 is 15.0 Å². The fraction of sp³-hybridized carbons (Fsp3) is 0.238. The Morgan fingerprint density at radius 2 is 1.96 bits per heavy atom. The molecule has 0 spiro atoms. The number of rotatable bonds is 5. The number of aliphatic hydroxyl groups excluding tert-OH is 1. The minimum Gasteiger partial charge on any atom is -0.394 e. The standard InChI is InChI=1S/C21H20ClFN2O3/c1-21(2,12-26)25-9-8-14-15(20(25)28)4-3-5-18(14)24-19(27)11-13-6-7-17(23)16(22)10-13/h3-10,26H,11-12H2,1-2H3,(H,24,27). The molecule has 1 amide bonds. The molecule has 3 rings (SSSR count). The van der Waals surface area contributed by atoms with Crippen molar-refractivity contribution in [3.05, 3.63) is 75.4 Å². The lowest BCUT2D eigenvalue weighted by molar-refractivity contribution is -0.115. The fourth-order valence-electron chi connectivity index (χ4n) is 2.97. The molecule has 0 saturated heterocycles. The average Bonchev–Trinajstić information content (AvgIpc) is 2.65. The van der Waals surface area contributed by atoms with Crippen LogP contribution in [0, 0.1) is 5.82 Å². The maximum Gasteiger partial charge on any atom is 0.259 e. The van der Waals surface area contributed by atoms with Crippen molar-refractivity contribution in [1.29, 1.82) is 0 Å². The molecule has 0 saturated carbocycles. The number of amides is 1. The smallest absolute Gasteiger partial charge is 0.259 e. The largest absolute Gasteiger partial charge is 0.394 e. The highest BCUT2D eigenvalue weighted by Gasteiger charge is 2.21. The van der Waals surface area contributed by atoms with Crippen molar-refractivity contribution in [3.8, 4) is 0 Å². The molecule has 28 heavy (non-hydrogen) atoms. The summed E-state index contributed by atoms with van der Waals surface area (Å²) in [6, 6.07) is 10.9. The van der Waals surface area contributed by atoms with Gasteiger partial charge in [0.05, 0.1) is 23.6 Å². The summed E-state index contributed by atoms with van der Waals surface area (Å²) in [5.74, 6) is -0.850. The number of carbonyl (C=O) groups is 1. The Morgan fingerprint density at radius 3 is 2.64 bits per heavy atom. The zero-order chi connectivity index (χ0) is 20.5. The van der Waals surface area contributed by atoms with Gasteiger partial charge in [0.15, 0.2) is 0 Å². The van der Waals surface area contributed by atoms with Gasteiger partial charge in [0.25, 0.3) is 5.56 Å². The quantitative estimate of drug-likeness (QED) is 0.683. The van der Waals surface area contributed by atoms with Gasteiger partial charge >= 0.3 is 0 Å². The number of anilines is 1. The van der Waals surface area contributed by atoms with E-state index in [0.29, 0.717) is 22.0 Å². The highest BCUT2D eigenvalue weighted by Crippen LogP contribution is 2.23. The number of nitrogens with one attached hydrogen (secondary N) is 1. The van der Waals surface area contributed by atoms with Crippen molar-refractivity contribution < 1.29 is 14.3 Å². The van der Waals surface area contributed by atoms with Crippen LogP contribution in [0.5, 0.6) is 0 Å². The van der Waals surface area contributed by atoms with Crippen LogP contribution in [0.1, 0.15) is 19.4 Å². The second kappa shape index (κ2) is 7.73. The monoisotopic (exact) mass is 402 g/mol. The number of halogens is 2. The van der Waals surface area contributed by atoms with E-state index in [9.17, 15) is 19.1 Å². The van der Waals surface area contributed by atoms with Gasteiger partial charge in [0.1, 0.15) is 5.82 Å². The van der Waals surface area contributed by atoms with Crippen LogP contribution in [0.4, 0.5) is 10.1 Å². The van der Waals surface area contributed by atoms with Crippen LogP contribution in [0.2, 0.25) is 5.02 Å². The molecule has 2 aromatic carbocycles. The molecule has 0 aliphatic heterocycles. The highest BCUT2D eigenvalue weighted by atomic mass is 35.5. The Morgan fingerprint density at radius 1 is 1.21 bits per heavy atom. The van der Waals surface area contributed by atoms with Crippen molar-refractivity contribution in [3.63, 3.8) is 0 Å². The lowest BCUT2D eigenvalue weighted by Gasteiger charge is -2.25. The molecule has 0 bridgehead atoms. The van der Waals surface area contributed by atoms with Gasteiger partial charge in [-0.15, -0.1) is 0 Å². The molecule has 146 valence electrons. The lowest BCUT2D eigenvalue weighted by Crippen LogP contribution is -2.38. The number of aromatic nitrogens is 1. The number of carbonyl (C=O) groups excluding carboxylic acids is 1. The molecule has 1 heterocycles. The van der Waals surface area contributed by atoms with E-state index in [0.717, 1.165) is 0 Å². The molecule has 3 aromatic rings. The molecule has 0 aliphatic rings. The molecule has 5 nitrogen and oxygen atoms in total. The van der Waals surface area contributed by atoms with Crippen LogP contribution in [-0.2, 0) is 16.8 Å². The van der Waals surface area contributed by atoms with Crippen LogP contribution in [0.3, 0.4) is 0 Å². The molecular formula is C21H20ClFN2O3. The lowest BCUT2D eigenvalue weighted by atomic mass is 10.0. The topological polar surface area (TPSA) is 71.3 Å². The number of aliphatic hydroxyl groups is 1. The van der Waals surface area contributed by atoms with E-state index in [1.54, 1.807) is 44.3 Å². The summed E-state index contributed by atoms with van der Waals surface area (Å²) < 4.78 is 14.7. The molecule has 0 unspecified atom stereocenters. The van der Waals surface area contributed by atoms with Crippen LogP contribution >= 0.6 is 11.6 Å². The zero-order valence-corrected chi connectivity index (χ0v) is 16.3. The van der Waals surface area contributed by atoms with E-state index in [4.69, 9.17) is 11.6 Å². The van der Waals surface area contributed by atoms with E-state index in [1.165, 1.54) is 22.8 Å². The predicted molar refractivity (Wildman–Crippen MR) is 108 cm³/mol. The van der Waals surface area contributed by atoms with Gasteiger partial charge in [0, 0.05) is 22.7 Å². The van der Waals surface area contributed by atoms with Gasteiger partial charge in [-0.25, -0.2) is 4.39 Å². The second-order valence-electron chi connectivity index (χ2n) is 7.20. The van der Waals surface area contributed by atoms with Gasteiger partial charge in [-0.2, -0.15) is 0 Å². The van der Waals surface area contributed by atoms with E-state index in [-0.39, 0.29) is 29.5 Å². The summed E-state index contributed by atoms with van der Waals surface area (Å²) in [4.78, 5) is 25.2. The Hall–Kier alpha value is -2.70. The van der Waals surface area contributed by atoms with E-state index in [2.05, 4.69) is 5.32 Å². The summed E-state index contributed by atoms with van der Waals surface area (Å²) in [5, 5.41) is 13.3. The molecule has 0 fully saturated rings. The SMILES string of the molecule is CC(C)(CO)n1ccc2c(NC(=O)Cc3ccc(F)c(Cl)c3)cccc2c1=O.